The van der Waals surface area contributed by atoms with Crippen LogP contribution in [0.1, 0.15) is 18.5 Å². The molecule has 0 saturated heterocycles. The fourth-order valence-electron chi connectivity index (χ4n) is 2.72. The van der Waals surface area contributed by atoms with Crippen LogP contribution in [-0.4, -0.2) is 19.8 Å². The van der Waals surface area contributed by atoms with Crippen LogP contribution in [0, 0.1) is 0 Å². The van der Waals surface area contributed by atoms with E-state index < -0.39 is 0 Å². The Kier molecular flexibility index (Phi) is 4.07. The van der Waals surface area contributed by atoms with Crippen molar-refractivity contribution in [2.75, 3.05) is 5.32 Å². The zero-order chi connectivity index (χ0) is 17.2. The molecule has 0 saturated carbocycles. The fourth-order valence-corrected chi connectivity index (χ4v) is 2.94. The van der Waals surface area contributed by atoms with Crippen LogP contribution in [0.3, 0.4) is 0 Å². The molecule has 0 aliphatic heterocycles. The van der Waals surface area contributed by atoms with Crippen LogP contribution >= 0.6 is 11.6 Å². The van der Waals surface area contributed by atoms with Gasteiger partial charge in [-0.15, -0.1) is 15.3 Å². The smallest absolute Gasteiger partial charge is 0.186 e. The minimum absolute atomic E-state index is 0.131. The Hall–Kier alpha value is -2.92. The van der Waals surface area contributed by atoms with Crippen molar-refractivity contribution in [1.29, 1.82) is 0 Å². The molecule has 4 rings (SSSR count). The molecule has 2 aromatic heterocycles. The summed E-state index contributed by atoms with van der Waals surface area (Å²) in [4.78, 5) is 0. The molecule has 1 atom stereocenters. The van der Waals surface area contributed by atoms with Gasteiger partial charge in [0.15, 0.2) is 11.5 Å². The molecular weight excluding hydrogens is 334 g/mol. The molecule has 124 valence electrons. The average Bonchev–Trinajstić information content (AvgIpc) is 3.06. The van der Waals surface area contributed by atoms with E-state index in [1.165, 1.54) is 5.56 Å². The van der Waals surface area contributed by atoms with Crippen LogP contribution in [0.2, 0.25) is 5.02 Å². The first-order valence-electron chi connectivity index (χ1n) is 8.01. The van der Waals surface area contributed by atoms with Crippen LogP contribution in [0.15, 0.2) is 66.7 Å². The molecule has 6 heteroatoms. The van der Waals surface area contributed by atoms with Crippen LogP contribution in [-0.2, 0) is 0 Å². The van der Waals surface area contributed by atoms with Crippen molar-refractivity contribution in [1.82, 2.24) is 19.8 Å². The lowest BCUT2D eigenvalue weighted by molar-refractivity contribution is 0.847. The number of hydrogen-bond donors (Lipinski definition) is 1. The van der Waals surface area contributed by atoms with Crippen molar-refractivity contribution in [3.8, 4) is 11.4 Å². The summed E-state index contributed by atoms with van der Waals surface area (Å²) >= 11 is 6.30. The van der Waals surface area contributed by atoms with Crippen LogP contribution < -0.4 is 5.32 Å². The number of benzene rings is 2. The van der Waals surface area contributed by atoms with Crippen molar-refractivity contribution < 1.29 is 0 Å². The summed E-state index contributed by atoms with van der Waals surface area (Å²) in [5.74, 6) is 1.37. The zero-order valence-electron chi connectivity index (χ0n) is 13.6. The Morgan fingerprint density at radius 1 is 0.920 bits per heavy atom. The number of halogens is 1. The van der Waals surface area contributed by atoms with E-state index in [1.807, 2.05) is 54.6 Å². The largest absolute Gasteiger partial charge is 0.362 e. The summed E-state index contributed by atoms with van der Waals surface area (Å²) in [5.41, 5.74) is 2.67. The number of anilines is 1. The molecule has 1 N–H and O–H groups in total. The van der Waals surface area contributed by atoms with Gasteiger partial charge in [-0.2, -0.15) is 4.52 Å². The van der Waals surface area contributed by atoms with E-state index in [1.54, 1.807) is 4.52 Å². The van der Waals surface area contributed by atoms with E-state index in [2.05, 4.69) is 39.7 Å². The molecule has 0 amide bonds. The fraction of sp³-hybridized carbons (Fsp3) is 0.105. The summed E-state index contributed by atoms with van der Waals surface area (Å²) in [6.07, 6.45) is 0. The third-order valence-corrected chi connectivity index (χ3v) is 4.37. The monoisotopic (exact) mass is 349 g/mol. The number of nitrogens with one attached hydrogen (secondary N) is 1. The topological polar surface area (TPSA) is 55.1 Å². The second kappa shape index (κ2) is 6.53. The van der Waals surface area contributed by atoms with Gasteiger partial charge in [0.05, 0.1) is 5.02 Å². The molecule has 4 aromatic rings. The second-order valence-electron chi connectivity index (χ2n) is 5.77. The predicted molar refractivity (Wildman–Crippen MR) is 99.7 cm³/mol. The molecule has 0 spiro atoms. The molecule has 2 aromatic carbocycles. The lowest BCUT2D eigenvalue weighted by Gasteiger charge is -2.15. The highest BCUT2D eigenvalue weighted by atomic mass is 35.5. The van der Waals surface area contributed by atoms with Crippen molar-refractivity contribution in [2.24, 2.45) is 0 Å². The van der Waals surface area contributed by atoms with E-state index in [9.17, 15) is 0 Å². The van der Waals surface area contributed by atoms with Gasteiger partial charge in [0.25, 0.3) is 0 Å². The maximum Gasteiger partial charge on any atom is 0.186 e. The van der Waals surface area contributed by atoms with Gasteiger partial charge >= 0.3 is 0 Å². The number of nitrogens with zero attached hydrogens (tertiary/aromatic N) is 4. The molecule has 0 aliphatic carbocycles. The molecule has 0 fully saturated rings. The summed E-state index contributed by atoms with van der Waals surface area (Å²) in [7, 11) is 0. The minimum atomic E-state index is 0.131. The molecule has 0 unspecified atom stereocenters. The molecule has 2 heterocycles. The number of rotatable bonds is 4. The van der Waals surface area contributed by atoms with Gasteiger partial charge in [-0.3, -0.25) is 0 Å². The van der Waals surface area contributed by atoms with E-state index in [0.717, 1.165) is 11.4 Å². The van der Waals surface area contributed by atoms with E-state index in [0.29, 0.717) is 16.5 Å². The molecule has 0 bridgehead atoms. The lowest BCUT2D eigenvalue weighted by Crippen LogP contribution is -2.09. The van der Waals surface area contributed by atoms with E-state index in [4.69, 9.17) is 11.6 Å². The summed E-state index contributed by atoms with van der Waals surface area (Å²) in [6, 6.07) is 21.7. The Morgan fingerprint density at radius 2 is 1.68 bits per heavy atom. The lowest BCUT2D eigenvalue weighted by atomic mass is 10.1. The van der Waals surface area contributed by atoms with Gasteiger partial charge in [-0.25, -0.2) is 0 Å². The third-order valence-electron chi connectivity index (χ3n) is 4.04. The SMILES string of the molecule is C[C@H](Nc1ccc2nnc(-c3ccccc3Cl)n2n1)c1ccccc1. The predicted octanol–water partition coefficient (Wildman–Crippen LogP) is 4.62. The Balaban J connectivity index is 1.70. The van der Waals surface area contributed by atoms with E-state index in [-0.39, 0.29) is 6.04 Å². The first-order chi connectivity index (χ1) is 12.2. The summed E-state index contributed by atoms with van der Waals surface area (Å²) < 4.78 is 1.71. The maximum absolute atomic E-state index is 6.30. The van der Waals surface area contributed by atoms with Crippen LogP contribution in [0.5, 0.6) is 0 Å². The van der Waals surface area contributed by atoms with Crippen molar-refractivity contribution >= 4 is 23.1 Å². The first kappa shape index (κ1) is 15.6. The highest BCUT2D eigenvalue weighted by Crippen LogP contribution is 2.26. The van der Waals surface area contributed by atoms with Crippen LogP contribution in [0.25, 0.3) is 17.0 Å². The zero-order valence-corrected chi connectivity index (χ0v) is 14.4. The Labute approximate surface area is 150 Å². The van der Waals surface area contributed by atoms with Gasteiger partial charge < -0.3 is 5.32 Å². The van der Waals surface area contributed by atoms with E-state index >= 15 is 0 Å². The van der Waals surface area contributed by atoms with Crippen molar-refractivity contribution in [3.63, 3.8) is 0 Å². The number of aromatic nitrogens is 4. The normalized spacial score (nSPS) is 12.2. The maximum atomic E-state index is 6.30. The minimum Gasteiger partial charge on any atom is -0.362 e. The number of hydrogen-bond acceptors (Lipinski definition) is 4. The molecule has 0 radical (unpaired) electrons. The summed E-state index contributed by atoms with van der Waals surface area (Å²) in [6.45, 7) is 2.10. The third kappa shape index (κ3) is 3.06. The second-order valence-corrected chi connectivity index (χ2v) is 6.18. The molecule has 0 aliphatic rings. The van der Waals surface area contributed by atoms with Crippen molar-refractivity contribution in [2.45, 2.75) is 13.0 Å². The molecular formula is C19H16ClN5. The quantitative estimate of drug-likeness (QED) is 0.584. The van der Waals surface area contributed by atoms with Gasteiger partial charge in [0, 0.05) is 11.6 Å². The van der Waals surface area contributed by atoms with Gasteiger partial charge in [-0.05, 0) is 36.8 Å². The summed E-state index contributed by atoms with van der Waals surface area (Å²) in [5, 5.41) is 17.1. The first-order valence-corrected chi connectivity index (χ1v) is 8.39. The average molecular weight is 350 g/mol. The van der Waals surface area contributed by atoms with Crippen molar-refractivity contribution in [3.05, 3.63) is 77.3 Å². The molecule has 25 heavy (non-hydrogen) atoms. The van der Waals surface area contributed by atoms with Gasteiger partial charge in [-0.1, -0.05) is 54.1 Å². The van der Waals surface area contributed by atoms with Gasteiger partial charge in [0.2, 0.25) is 0 Å². The standard InChI is InChI=1S/C19H16ClN5/c1-13(14-7-3-2-4-8-14)21-17-11-12-18-22-23-19(25(18)24-17)15-9-5-6-10-16(15)20/h2-13H,1H3,(H,21,24)/t13-/m0/s1. The Morgan fingerprint density at radius 3 is 2.48 bits per heavy atom. The molecule has 5 nitrogen and oxygen atoms in total. The van der Waals surface area contributed by atoms with Gasteiger partial charge in [0.1, 0.15) is 5.82 Å². The highest BCUT2D eigenvalue weighted by Gasteiger charge is 2.13. The van der Waals surface area contributed by atoms with Crippen LogP contribution in [0.4, 0.5) is 5.82 Å². The number of fused-ring (bicyclic) bond motifs is 1. The highest BCUT2D eigenvalue weighted by molar-refractivity contribution is 6.33. The Bertz CT molecular complexity index is 1010.